The second-order valence-electron chi connectivity index (χ2n) is 12.1. The van der Waals surface area contributed by atoms with Gasteiger partial charge in [0.05, 0.1) is 18.8 Å². The van der Waals surface area contributed by atoms with Gasteiger partial charge in [0, 0.05) is 13.8 Å². The summed E-state index contributed by atoms with van der Waals surface area (Å²) in [5.41, 5.74) is -1.34. The molecule has 3 atom stereocenters. The highest BCUT2D eigenvalue weighted by Crippen LogP contribution is 2.42. The zero-order valence-electron chi connectivity index (χ0n) is 24.0. The molecule has 0 amide bonds. The molecule has 0 unspecified atom stereocenters. The van der Waals surface area contributed by atoms with Gasteiger partial charge in [0.15, 0.2) is 22.8 Å². The smallest absolute Gasteiger partial charge is 0.326 e. The summed E-state index contributed by atoms with van der Waals surface area (Å²) in [7, 11) is 0. The van der Waals surface area contributed by atoms with Crippen LogP contribution in [0.3, 0.4) is 0 Å². The molecule has 216 valence electrons. The Bertz CT molecular complexity index is 757. The lowest BCUT2D eigenvalue weighted by Gasteiger charge is -2.40. The quantitative estimate of drug-likeness (QED) is 0.147. The third-order valence-electron chi connectivity index (χ3n) is 6.34. The Balaban J connectivity index is 2.13. The van der Waals surface area contributed by atoms with E-state index < -0.39 is 58.8 Å². The van der Waals surface area contributed by atoms with Crippen LogP contribution in [0.5, 0.6) is 0 Å². The summed E-state index contributed by atoms with van der Waals surface area (Å²) in [6, 6.07) is 0. The molecule has 2 aliphatic heterocycles. The van der Waals surface area contributed by atoms with Crippen molar-refractivity contribution in [2.45, 2.75) is 149 Å². The van der Waals surface area contributed by atoms with Crippen molar-refractivity contribution in [3.8, 4) is 0 Å². The average molecular weight is 533 g/mol. The number of carbonyl (C=O) groups is 2. The molecule has 0 bridgehead atoms. The summed E-state index contributed by atoms with van der Waals surface area (Å²) in [6.45, 7) is 15.2. The van der Waals surface area contributed by atoms with E-state index in [2.05, 4.69) is 0 Å². The van der Waals surface area contributed by atoms with Crippen LogP contribution in [0.2, 0.25) is 0 Å². The Morgan fingerprint density at radius 2 is 1.49 bits per heavy atom. The van der Waals surface area contributed by atoms with Gasteiger partial charge in [-0.1, -0.05) is 13.3 Å². The molecule has 10 nitrogen and oxygen atoms in total. The van der Waals surface area contributed by atoms with E-state index in [4.69, 9.17) is 28.4 Å². The van der Waals surface area contributed by atoms with Crippen molar-refractivity contribution < 1.29 is 48.2 Å². The minimum Gasteiger partial charge on any atom is -0.422 e. The molecule has 0 spiro atoms. The number of cyclic esters (lactones) is 2. The number of carbonyl (C=O) groups excluding carboxylic acids is 2. The first kappa shape index (κ1) is 31.9. The third-order valence-corrected chi connectivity index (χ3v) is 6.34. The maximum absolute atomic E-state index is 13.0. The molecule has 0 aliphatic carbocycles. The molecular weight excluding hydrogens is 484 g/mol. The van der Waals surface area contributed by atoms with Gasteiger partial charge in [-0.15, -0.1) is 0 Å². The Morgan fingerprint density at radius 1 is 0.892 bits per heavy atom. The summed E-state index contributed by atoms with van der Waals surface area (Å²) < 4.78 is 34.7. The number of hydrogen-bond acceptors (Lipinski definition) is 10. The zero-order valence-corrected chi connectivity index (χ0v) is 24.0. The molecule has 0 aromatic carbocycles. The van der Waals surface area contributed by atoms with Crippen LogP contribution in [-0.4, -0.2) is 70.2 Å². The zero-order chi connectivity index (χ0) is 28.3. The van der Waals surface area contributed by atoms with Crippen LogP contribution in [0.1, 0.15) is 107 Å². The van der Waals surface area contributed by atoms with E-state index in [9.17, 15) is 19.8 Å². The third kappa shape index (κ3) is 9.44. The highest BCUT2D eigenvalue weighted by Gasteiger charge is 2.55. The SMILES string of the molecule is CCCC1(CCC[C@@H]2OC(C)(C)O[C@@H]2[C@H](CCCOC(C)(C)O)OC(C)(C)O)C(=O)OC(C)(C)OC1=O. The van der Waals surface area contributed by atoms with Gasteiger partial charge in [0.2, 0.25) is 0 Å². The molecule has 2 N–H and O–H groups in total. The number of esters is 2. The van der Waals surface area contributed by atoms with Crippen LogP contribution < -0.4 is 0 Å². The van der Waals surface area contributed by atoms with E-state index in [1.54, 1.807) is 41.5 Å². The first-order chi connectivity index (χ1) is 16.8. The van der Waals surface area contributed by atoms with E-state index in [0.717, 1.165) is 0 Å². The molecule has 2 heterocycles. The summed E-state index contributed by atoms with van der Waals surface area (Å²) in [6.07, 6.45) is 1.83. The maximum Gasteiger partial charge on any atom is 0.326 e. The van der Waals surface area contributed by atoms with Gasteiger partial charge < -0.3 is 38.6 Å². The maximum atomic E-state index is 13.0. The predicted octanol–water partition coefficient (Wildman–Crippen LogP) is 3.94. The molecule has 0 saturated carbocycles. The Hall–Kier alpha value is -1.30. The molecule has 2 fully saturated rings. The number of aliphatic hydroxyl groups is 2. The van der Waals surface area contributed by atoms with Crippen LogP contribution in [-0.2, 0) is 38.0 Å². The van der Waals surface area contributed by atoms with Gasteiger partial charge >= 0.3 is 11.9 Å². The molecule has 2 aliphatic rings. The first-order valence-electron chi connectivity index (χ1n) is 13.4. The first-order valence-corrected chi connectivity index (χ1v) is 13.4. The van der Waals surface area contributed by atoms with Gasteiger partial charge in [-0.2, -0.15) is 0 Å². The molecule has 2 saturated heterocycles. The summed E-state index contributed by atoms with van der Waals surface area (Å²) >= 11 is 0. The van der Waals surface area contributed by atoms with Crippen LogP contribution in [0.15, 0.2) is 0 Å². The number of ether oxygens (including phenoxy) is 6. The lowest BCUT2D eigenvalue weighted by Crippen LogP contribution is -2.54. The number of hydrogen-bond donors (Lipinski definition) is 2. The standard InChI is InChI=1S/C27H48O10/c1-10-15-27(21(28)36-26(8,9)37-22(27)29)16-11-13-19-20(35-25(6,7)34-19)18(33-24(4,5)31)14-12-17-32-23(2,3)30/h18-20,30-31H,10-17H2,1-9H3/t18-,19-,20+/m0/s1. The van der Waals surface area contributed by atoms with E-state index in [1.807, 2.05) is 20.8 Å². The largest absolute Gasteiger partial charge is 0.422 e. The second-order valence-corrected chi connectivity index (χ2v) is 12.1. The lowest BCUT2D eigenvalue weighted by molar-refractivity contribution is -0.252. The van der Waals surface area contributed by atoms with E-state index in [0.29, 0.717) is 45.1 Å². The predicted molar refractivity (Wildman–Crippen MR) is 134 cm³/mol. The van der Waals surface area contributed by atoms with Gasteiger partial charge in [0.25, 0.3) is 5.79 Å². The Kier molecular flexibility index (Phi) is 10.2. The minimum atomic E-state index is -1.41. The molecular formula is C27H48O10. The monoisotopic (exact) mass is 532 g/mol. The minimum absolute atomic E-state index is 0.262. The molecule has 10 heteroatoms. The fourth-order valence-corrected chi connectivity index (χ4v) is 4.98. The van der Waals surface area contributed by atoms with Crippen LogP contribution in [0, 0.1) is 5.41 Å². The van der Waals surface area contributed by atoms with Crippen LogP contribution >= 0.6 is 0 Å². The van der Waals surface area contributed by atoms with Gasteiger partial charge in [-0.05, 0) is 80.1 Å². The lowest BCUT2D eigenvalue weighted by atomic mass is 9.77. The summed E-state index contributed by atoms with van der Waals surface area (Å²) in [5, 5.41) is 20.2. The van der Waals surface area contributed by atoms with E-state index in [-0.39, 0.29) is 6.42 Å². The van der Waals surface area contributed by atoms with E-state index >= 15 is 0 Å². The average Bonchev–Trinajstić information content (AvgIpc) is 3.00. The molecule has 37 heavy (non-hydrogen) atoms. The molecule has 2 rings (SSSR count). The Labute approximate surface area is 221 Å². The highest BCUT2D eigenvalue weighted by atomic mass is 16.8. The number of rotatable bonds is 14. The fourth-order valence-electron chi connectivity index (χ4n) is 4.98. The second kappa shape index (κ2) is 11.8. The van der Waals surface area contributed by atoms with Crippen molar-refractivity contribution in [2.24, 2.45) is 5.41 Å². The van der Waals surface area contributed by atoms with Crippen molar-refractivity contribution >= 4 is 11.9 Å². The van der Waals surface area contributed by atoms with Crippen LogP contribution in [0.25, 0.3) is 0 Å². The van der Waals surface area contributed by atoms with Crippen molar-refractivity contribution in [3.05, 3.63) is 0 Å². The van der Waals surface area contributed by atoms with Crippen molar-refractivity contribution in [1.82, 2.24) is 0 Å². The molecule has 0 radical (unpaired) electrons. The highest BCUT2D eigenvalue weighted by molar-refractivity contribution is 6.01. The fraction of sp³-hybridized carbons (Fsp3) is 0.926. The normalized spacial score (nSPS) is 26.0. The summed E-state index contributed by atoms with van der Waals surface area (Å²) in [5.74, 6) is -5.91. The van der Waals surface area contributed by atoms with Crippen LogP contribution in [0.4, 0.5) is 0 Å². The molecule has 0 aromatic rings. The topological polar surface area (TPSA) is 130 Å². The van der Waals surface area contributed by atoms with Crippen molar-refractivity contribution in [1.29, 1.82) is 0 Å². The Morgan fingerprint density at radius 3 is 2.00 bits per heavy atom. The summed E-state index contributed by atoms with van der Waals surface area (Å²) in [4.78, 5) is 25.9. The van der Waals surface area contributed by atoms with Gasteiger partial charge in [-0.25, -0.2) is 0 Å². The van der Waals surface area contributed by atoms with Crippen molar-refractivity contribution in [2.75, 3.05) is 6.61 Å². The molecule has 0 aromatic heterocycles. The van der Waals surface area contributed by atoms with E-state index in [1.165, 1.54) is 0 Å². The van der Waals surface area contributed by atoms with Gasteiger partial charge in [-0.3, -0.25) is 9.59 Å². The van der Waals surface area contributed by atoms with Crippen molar-refractivity contribution in [3.63, 3.8) is 0 Å². The van der Waals surface area contributed by atoms with Gasteiger partial charge in [0.1, 0.15) is 6.10 Å².